The van der Waals surface area contributed by atoms with E-state index in [2.05, 4.69) is 0 Å². The van der Waals surface area contributed by atoms with Crippen molar-refractivity contribution in [2.75, 3.05) is 32.1 Å². The summed E-state index contributed by atoms with van der Waals surface area (Å²) in [5.41, 5.74) is 5.34. The van der Waals surface area contributed by atoms with Crippen LogP contribution in [0.4, 0.5) is 0 Å². The number of nitrogens with two attached hydrogens (primary N) is 1. The van der Waals surface area contributed by atoms with E-state index in [1.165, 1.54) is 4.90 Å². The molecule has 0 heterocycles. The van der Waals surface area contributed by atoms with Gasteiger partial charge in [0, 0.05) is 20.5 Å². The van der Waals surface area contributed by atoms with Crippen LogP contribution < -0.4 is 5.73 Å². The molecule has 1 unspecified atom stereocenters. The quantitative estimate of drug-likeness (QED) is 0.672. The third kappa shape index (κ3) is 6.46. The van der Waals surface area contributed by atoms with Gasteiger partial charge in [0.05, 0.1) is 11.5 Å². The molecule has 0 aromatic heterocycles. The smallest absolute Gasteiger partial charge is 0.223 e. The summed E-state index contributed by atoms with van der Waals surface area (Å²) >= 11 is 0. The highest BCUT2D eigenvalue weighted by Crippen LogP contribution is 2.03. The minimum atomic E-state index is -3.15. The molecule has 0 aromatic carbocycles. The summed E-state index contributed by atoms with van der Waals surface area (Å²) < 4.78 is 23.0. The van der Waals surface area contributed by atoms with Crippen molar-refractivity contribution >= 4 is 15.7 Å². The number of carbonyl (C=O) groups excluding carboxylic acids is 1. The van der Waals surface area contributed by atoms with E-state index in [-0.39, 0.29) is 29.8 Å². The zero-order chi connectivity index (χ0) is 12.1. The molecule has 0 rings (SSSR count). The fourth-order valence-corrected chi connectivity index (χ4v) is 2.71. The number of carbonyl (C=O) groups is 1. The van der Waals surface area contributed by atoms with Crippen molar-refractivity contribution in [3.8, 4) is 0 Å². The predicted molar refractivity (Wildman–Crippen MR) is 60.2 cm³/mol. The van der Waals surface area contributed by atoms with Gasteiger partial charge in [-0.05, 0) is 12.5 Å². The highest BCUT2D eigenvalue weighted by atomic mass is 32.2. The molecule has 6 heteroatoms. The monoisotopic (exact) mass is 236 g/mol. The van der Waals surface area contributed by atoms with Gasteiger partial charge in [0.2, 0.25) is 5.91 Å². The van der Waals surface area contributed by atoms with Gasteiger partial charge in [-0.2, -0.15) is 0 Å². The number of amides is 1. The van der Waals surface area contributed by atoms with E-state index in [1.807, 2.05) is 0 Å². The molecule has 0 spiro atoms. The van der Waals surface area contributed by atoms with Crippen LogP contribution in [0.3, 0.4) is 0 Å². The second-order valence-electron chi connectivity index (χ2n) is 3.99. The van der Waals surface area contributed by atoms with E-state index in [9.17, 15) is 13.2 Å². The number of hydrogen-bond donors (Lipinski definition) is 1. The highest BCUT2D eigenvalue weighted by molar-refractivity contribution is 7.91. The fraction of sp³-hybridized carbons (Fsp3) is 0.889. The molecule has 0 saturated heterocycles. The SMILES string of the molecule is CC(CN)CS(=O)(=O)CCC(=O)N(C)C. The average molecular weight is 236 g/mol. The van der Waals surface area contributed by atoms with Gasteiger partial charge in [0.25, 0.3) is 0 Å². The summed E-state index contributed by atoms with van der Waals surface area (Å²) in [5, 5.41) is 0. The van der Waals surface area contributed by atoms with E-state index < -0.39 is 9.84 Å². The van der Waals surface area contributed by atoms with Crippen molar-refractivity contribution in [2.24, 2.45) is 11.7 Å². The molecule has 0 aliphatic carbocycles. The Kier molecular flexibility index (Phi) is 5.82. The standard InChI is InChI=1S/C9H20N2O3S/c1-8(6-10)7-15(13,14)5-4-9(12)11(2)3/h8H,4-7,10H2,1-3H3. The van der Waals surface area contributed by atoms with E-state index in [4.69, 9.17) is 5.73 Å². The largest absolute Gasteiger partial charge is 0.349 e. The van der Waals surface area contributed by atoms with E-state index in [0.717, 1.165) is 0 Å². The van der Waals surface area contributed by atoms with Gasteiger partial charge in [0.15, 0.2) is 9.84 Å². The summed E-state index contributed by atoms with van der Waals surface area (Å²) in [6.45, 7) is 2.13. The van der Waals surface area contributed by atoms with Crippen molar-refractivity contribution in [2.45, 2.75) is 13.3 Å². The minimum Gasteiger partial charge on any atom is -0.349 e. The Morgan fingerprint density at radius 3 is 2.33 bits per heavy atom. The van der Waals surface area contributed by atoms with Gasteiger partial charge in [-0.25, -0.2) is 8.42 Å². The first-order valence-electron chi connectivity index (χ1n) is 4.89. The third-order valence-electron chi connectivity index (χ3n) is 2.07. The molecule has 2 N–H and O–H groups in total. The maximum atomic E-state index is 11.5. The van der Waals surface area contributed by atoms with Crippen LogP contribution >= 0.6 is 0 Å². The van der Waals surface area contributed by atoms with Crippen LogP contribution in [0, 0.1) is 5.92 Å². The maximum absolute atomic E-state index is 11.5. The van der Waals surface area contributed by atoms with Gasteiger partial charge in [-0.3, -0.25) is 4.79 Å². The summed E-state index contributed by atoms with van der Waals surface area (Å²) in [5.74, 6) is -0.248. The highest BCUT2D eigenvalue weighted by Gasteiger charge is 2.17. The molecule has 0 bridgehead atoms. The molecule has 1 atom stereocenters. The molecule has 5 nitrogen and oxygen atoms in total. The molecule has 15 heavy (non-hydrogen) atoms. The predicted octanol–water partition coefficient (Wildman–Crippen LogP) is -0.526. The lowest BCUT2D eigenvalue weighted by Crippen LogP contribution is -2.27. The Morgan fingerprint density at radius 2 is 1.93 bits per heavy atom. The number of nitrogens with zero attached hydrogens (tertiary/aromatic N) is 1. The second-order valence-corrected chi connectivity index (χ2v) is 6.22. The molecular formula is C9H20N2O3S. The Bertz CT molecular complexity index is 298. The van der Waals surface area contributed by atoms with Crippen molar-refractivity contribution in [3.05, 3.63) is 0 Å². The maximum Gasteiger partial charge on any atom is 0.223 e. The van der Waals surface area contributed by atoms with Gasteiger partial charge >= 0.3 is 0 Å². The summed E-state index contributed by atoms with van der Waals surface area (Å²) in [6, 6.07) is 0. The van der Waals surface area contributed by atoms with Crippen LogP contribution in [0.15, 0.2) is 0 Å². The Labute approximate surface area is 91.5 Å². The second kappa shape index (κ2) is 6.07. The molecule has 90 valence electrons. The minimum absolute atomic E-state index is 0.0482. The molecular weight excluding hydrogens is 216 g/mol. The van der Waals surface area contributed by atoms with Crippen molar-refractivity contribution in [1.29, 1.82) is 0 Å². The van der Waals surface area contributed by atoms with E-state index >= 15 is 0 Å². The Morgan fingerprint density at radius 1 is 1.40 bits per heavy atom. The normalized spacial score (nSPS) is 13.6. The van der Waals surface area contributed by atoms with Crippen molar-refractivity contribution in [3.63, 3.8) is 0 Å². The lowest BCUT2D eigenvalue weighted by molar-refractivity contribution is -0.128. The first-order valence-corrected chi connectivity index (χ1v) is 6.71. The topological polar surface area (TPSA) is 80.5 Å². The summed E-state index contributed by atoms with van der Waals surface area (Å²) in [4.78, 5) is 12.6. The zero-order valence-electron chi connectivity index (χ0n) is 9.56. The molecule has 0 aromatic rings. The number of hydrogen-bond acceptors (Lipinski definition) is 4. The molecule has 0 aliphatic rings. The van der Waals surface area contributed by atoms with Gasteiger partial charge < -0.3 is 10.6 Å². The first kappa shape index (κ1) is 14.4. The Hall–Kier alpha value is -0.620. The molecule has 0 saturated carbocycles. The number of rotatable bonds is 6. The van der Waals surface area contributed by atoms with Crippen LogP contribution in [0.25, 0.3) is 0 Å². The third-order valence-corrected chi connectivity index (χ3v) is 3.97. The summed E-state index contributed by atoms with van der Waals surface area (Å²) in [7, 11) is 0.0682. The zero-order valence-corrected chi connectivity index (χ0v) is 10.4. The molecule has 0 aliphatic heterocycles. The molecule has 0 radical (unpaired) electrons. The average Bonchev–Trinajstić information content (AvgIpc) is 2.13. The van der Waals surface area contributed by atoms with Crippen LogP contribution in [0.1, 0.15) is 13.3 Å². The first-order chi connectivity index (χ1) is 6.78. The lowest BCUT2D eigenvalue weighted by atomic mass is 10.2. The van der Waals surface area contributed by atoms with Gasteiger partial charge in [-0.15, -0.1) is 0 Å². The number of sulfone groups is 1. The Balaban J connectivity index is 4.11. The van der Waals surface area contributed by atoms with Crippen LogP contribution in [-0.2, 0) is 14.6 Å². The fourth-order valence-electron chi connectivity index (χ4n) is 1.05. The lowest BCUT2D eigenvalue weighted by Gasteiger charge is -2.12. The van der Waals surface area contributed by atoms with E-state index in [0.29, 0.717) is 6.54 Å². The van der Waals surface area contributed by atoms with E-state index in [1.54, 1.807) is 21.0 Å². The van der Waals surface area contributed by atoms with Crippen LogP contribution in [0.2, 0.25) is 0 Å². The van der Waals surface area contributed by atoms with Gasteiger partial charge in [0.1, 0.15) is 0 Å². The summed E-state index contributed by atoms with van der Waals surface area (Å²) in [6.07, 6.45) is 0.0482. The molecule has 1 amide bonds. The van der Waals surface area contributed by atoms with Crippen molar-refractivity contribution in [1.82, 2.24) is 4.90 Å². The molecule has 0 fully saturated rings. The van der Waals surface area contributed by atoms with Crippen molar-refractivity contribution < 1.29 is 13.2 Å². The van der Waals surface area contributed by atoms with Crippen LogP contribution in [-0.4, -0.2) is 51.4 Å². The van der Waals surface area contributed by atoms with Crippen LogP contribution in [0.5, 0.6) is 0 Å². The van der Waals surface area contributed by atoms with Gasteiger partial charge in [-0.1, -0.05) is 6.92 Å².